The molecule has 0 saturated carbocycles. The average molecular weight is 609 g/mol. The number of fused-ring (bicyclic) bond motifs is 1. The van der Waals surface area contributed by atoms with Crippen LogP contribution in [0.5, 0.6) is 0 Å². The Hall–Kier alpha value is -3.11. The Kier molecular flexibility index (Phi) is 12.3. The lowest BCUT2D eigenvalue weighted by atomic mass is 10.1. The highest BCUT2D eigenvalue weighted by Crippen LogP contribution is 2.27. The van der Waals surface area contributed by atoms with Gasteiger partial charge in [-0.1, -0.05) is 69.7 Å². The molecule has 7 nitrogen and oxygen atoms in total. The third-order valence-electron chi connectivity index (χ3n) is 7.88. The van der Waals surface area contributed by atoms with Crippen molar-refractivity contribution in [3.05, 3.63) is 96.2 Å². The molecule has 43 heavy (non-hydrogen) atoms. The maximum Gasteiger partial charge on any atom is 0.268 e. The molecule has 4 rings (SSSR count). The molecule has 2 aromatic heterocycles. The van der Waals surface area contributed by atoms with Crippen LogP contribution in [0.2, 0.25) is 0 Å². The minimum absolute atomic E-state index is 0.228. The Bertz CT molecular complexity index is 1530. The molecule has 2 heterocycles. The smallest absolute Gasteiger partial charge is 0.268 e. The predicted molar refractivity (Wildman–Crippen MR) is 171 cm³/mol. The maximum absolute atomic E-state index is 14.6. The molecule has 0 fully saturated rings. The van der Waals surface area contributed by atoms with Crippen molar-refractivity contribution in [1.29, 1.82) is 0 Å². The fourth-order valence-electron chi connectivity index (χ4n) is 5.70. The van der Waals surface area contributed by atoms with E-state index < -0.39 is 16.0 Å². The van der Waals surface area contributed by atoms with Crippen LogP contribution in [0.3, 0.4) is 0 Å². The number of hydrogen-bond acceptors (Lipinski definition) is 6. The van der Waals surface area contributed by atoms with E-state index in [0.717, 1.165) is 36.9 Å². The number of para-hydroxylation sites is 1. The Morgan fingerprint density at radius 2 is 1.58 bits per heavy atom. The summed E-state index contributed by atoms with van der Waals surface area (Å²) >= 11 is 0. The van der Waals surface area contributed by atoms with Crippen molar-refractivity contribution >= 4 is 20.9 Å². The number of ether oxygens (including phenoxy) is 1. The van der Waals surface area contributed by atoms with E-state index in [1.54, 1.807) is 48.7 Å². The molecular weight excluding hydrogens is 563 g/mol. The molecule has 0 N–H and O–H groups in total. The molecule has 0 radical (unpaired) electrons. The molecule has 0 spiro atoms. The first kappa shape index (κ1) is 32.8. The first-order valence-corrected chi connectivity index (χ1v) is 16.9. The summed E-state index contributed by atoms with van der Waals surface area (Å²) in [5.41, 5.74) is 1.94. The SMILES string of the molecule is CCCC(CC)N(CCC)CCOCCN(Cc1cccnc1F)Cc1cn(S(=O)(=O)c2ccccc2)c2ccccc12. The zero-order valence-electron chi connectivity index (χ0n) is 25.7. The molecule has 9 heteroatoms. The zero-order valence-corrected chi connectivity index (χ0v) is 26.5. The lowest BCUT2D eigenvalue weighted by molar-refractivity contribution is 0.0652. The molecule has 1 unspecified atom stereocenters. The van der Waals surface area contributed by atoms with E-state index in [-0.39, 0.29) is 4.90 Å². The van der Waals surface area contributed by atoms with Gasteiger partial charge in [0.05, 0.1) is 23.6 Å². The van der Waals surface area contributed by atoms with Gasteiger partial charge >= 0.3 is 0 Å². The van der Waals surface area contributed by atoms with Gasteiger partial charge in [-0.05, 0) is 55.6 Å². The fraction of sp³-hybridized carbons (Fsp3) is 0.441. The second-order valence-electron chi connectivity index (χ2n) is 10.9. The average Bonchev–Trinajstić information content (AvgIpc) is 3.39. The summed E-state index contributed by atoms with van der Waals surface area (Å²) < 4.78 is 49.3. The number of hydrogen-bond donors (Lipinski definition) is 0. The van der Waals surface area contributed by atoms with Crippen molar-refractivity contribution in [2.24, 2.45) is 0 Å². The second kappa shape index (κ2) is 16.1. The first-order valence-electron chi connectivity index (χ1n) is 15.4. The van der Waals surface area contributed by atoms with Crippen molar-refractivity contribution in [1.82, 2.24) is 18.8 Å². The lowest BCUT2D eigenvalue weighted by Crippen LogP contribution is -2.38. The van der Waals surface area contributed by atoms with Crippen LogP contribution in [0.15, 0.2) is 84.0 Å². The van der Waals surface area contributed by atoms with Crippen molar-refractivity contribution in [2.75, 3.05) is 32.8 Å². The normalized spacial score (nSPS) is 12.9. The summed E-state index contributed by atoms with van der Waals surface area (Å²) in [5.74, 6) is -0.501. The number of nitrogens with zero attached hydrogens (tertiary/aromatic N) is 4. The summed E-state index contributed by atoms with van der Waals surface area (Å²) in [6.07, 6.45) is 7.74. The van der Waals surface area contributed by atoms with Gasteiger partial charge in [-0.25, -0.2) is 17.4 Å². The van der Waals surface area contributed by atoms with Crippen LogP contribution in [0.4, 0.5) is 4.39 Å². The summed E-state index contributed by atoms with van der Waals surface area (Å²) in [4.78, 5) is 8.69. The van der Waals surface area contributed by atoms with E-state index in [1.165, 1.54) is 23.0 Å². The monoisotopic (exact) mass is 608 g/mol. The second-order valence-corrected chi connectivity index (χ2v) is 12.8. The minimum Gasteiger partial charge on any atom is -0.379 e. The summed E-state index contributed by atoms with van der Waals surface area (Å²) in [6, 6.07) is 20.0. The molecule has 2 aromatic carbocycles. The molecule has 0 amide bonds. The number of benzene rings is 2. The van der Waals surface area contributed by atoms with Crippen molar-refractivity contribution in [2.45, 2.75) is 70.5 Å². The van der Waals surface area contributed by atoms with E-state index >= 15 is 0 Å². The third kappa shape index (κ3) is 8.50. The number of aromatic nitrogens is 2. The van der Waals surface area contributed by atoms with E-state index in [4.69, 9.17) is 4.74 Å². The predicted octanol–water partition coefficient (Wildman–Crippen LogP) is 6.72. The van der Waals surface area contributed by atoms with Crippen molar-refractivity contribution in [3.8, 4) is 0 Å². The van der Waals surface area contributed by atoms with Gasteiger partial charge in [0.1, 0.15) is 0 Å². The van der Waals surface area contributed by atoms with Crippen LogP contribution in [-0.4, -0.2) is 66.1 Å². The number of halogens is 1. The highest BCUT2D eigenvalue weighted by Gasteiger charge is 2.22. The van der Waals surface area contributed by atoms with Gasteiger partial charge in [-0.3, -0.25) is 9.80 Å². The molecule has 0 aliphatic carbocycles. The maximum atomic E-state index is 14.6. The highest BCUT2D eigenvalue weighted by atomic mass is 32.2. The Labute approximate surface area is 256 Å². The standard InChI is InChI=1S/C34H45FN4O3S/c1-4-13-30(6-3)38(20-5-2)22-24-42-23-21-37(25-28-14-12-19-36-34(28)35)26-29-27-39(33-18-11-10-17-32(29)33)43(40,41)31-15-8-7-9-16-31/h7-12,14-19,27,30H,4-6,13,20-26H2,1-3H3. The Morgan fingerprint density at radius 1 is 0.860 bits per heavy atom. The fourth-order valence-corrected chi connectivity index (χ4v) is 7.11. The van der Waals surface area contributed by atoms with Gasteiger partial charge in [0, 0.05) is 55.6 Å². The van der Waals surface area contributed by atoms with Gasteiger partial charge in [-0.15, -0.1) is 0 Å². The Balaban J connectivity index is 1.52. The molecule has 0 saturated heterocycles. The van der Waals surface area contributed by atoms with Gasteiger partial charge in [0.15, 0.2) is 0 Å². The molecular formula is C34H45FN4O3S. The van der Waals surface area contributed by atoms with Gasteiger partial charge in [-0.2, -0.15) is 4.39 Å². The Morgan fingerprint density at radius 3 is 2.30 bits per heavy atom. The minimum atomic E-state index is -3.80. The van der Waals surface area contributed by atoms with E-state index in [2.05, 4.69) is 35.6 Å². The van der Waals surface area contributed by atoms with E-state index in [9.17, 15) is 12.8 Å². The van der Waals surface area contributed by atoms with E-state index in [0.29, 0.717) is 50.0 Å². The van der Waals surface area contributed by atoms with Gasteiger partial charge in [0.2, 0.25) is 5.95 Å². The number of rotatable bonds is 18. The summed E-state index contributed by atoms with van der Waals surface area (Å²) in [6.45, 7) is 11.0. The van der Waals surface area contributed by atoms with Crippen LogP contribution in [0.1, 0.15) is 57.6 Å². The van der Waals surface area contributed by atoms with Crippen LogP contribution in [0.25, 0.3) is 10.9 Å². The van der Waals surface area contributed by atoms with Crippen LogP contribution in [0, 0.1) is 5.95 Å². The van der Waals surface area contributed by atoms with Gasteiger partial charge < -0.3 is 4.74 Å². The summed E-state index contributed by atoms with van der Waals surface area (Å²) in [5, 5.41) is 0.844. The largest absolute Gasteiger partial charge is 0.379 e. The van der Waals surface area contributed by atoms with Crippen LogP contribution < -0.4 is 0 Å². The van der Waals surface area contributed by atoms with Crippen molar-refractivity contribution in [3.63, 3.8) is 0 Å². The molecule has 4 aromatic rings. The highest BCUT2D eigenvalue weighted by molar-refractivity contribution is 7.90. The molecule has 0 aliphatic rings. The zero-order chi connectivity index (χ0) is 30.7. The number of pyridine rings is 1. The lowest BCUT2D eigenvalue weighted by Gasteiger charge is -2.30. The van der Waals surface area contributed by atoms with Crippen molar-refractivity contribution < 1.29 is 17.5 Å². The molecule has 1 atom stereocenters. The summed E-state index contributed by atoms with van der Waals surface area (Å²) in [7, 11) is -3.80. The molecule has 232 valence electrons. The van der Waals surface area contributed by atoms with Crippen LogP contribution >= 0.6 is 0 Å². The topological polar surface area (TPSA) is 67.7 Å². The van der Waals surface area contributed by atoms with Gasteiger partial charge in [0.25, 0.3) is 10.0 Å². The molecule has 0 aliphatic heterocycles. The third-order valence-corrected chi connectivity index (χ3v) is 9.57. The first-order chi connectivity index (χ1) is 20.9. The van der Waals surface area contributed by atoms with E-state index in [1.807, 2.05) is 24.3 Å². The molecule has 0 bridgehead atoms. The van der Waals surface area contributed by atoms with Crippen LogP contribution in [-0.2, 0) is 27.8 Å². The quantitative estimate of drug-likeness (QED) is 0.0923.